The van der Waals surface area contributed by atoms with Crippen molar-refractivity contribution in [1.82, 2.24) is 5.32 Å². The minimum absolute atomic E-state index is 0.123. The van der Waals surface area contributed by atoms with Crippen LogP contribution in [-0.2, 0) is 9.53 Å². The molecule has 1 unspecified atom stereocenters. The normalized spacial score (nSPS) is 13.8. The quantitative estimate of drug-likeness (QED) is 0.698. The molecule has 3 heteroatoms. The summed E-state index contributed by atoms with van der Waals surface area (Å²) in [5.41, 5.74) is -0.377. The fourth-order valence-corrected chi connectivity index (χ4v) is 1.96. The molecule has 0 aromatic heterocycles. The fourth-order valence-electron chi connectivity index (χ4n) is 1.96. The fraction of sp³-hybridized carbons (Fsp3) is 0.929. The van der Waals surface area contributed by atoms with Gasteiger partial charge in [-0.15, -0.1) is 0 Å². The summed E-state index contributed by atoms with van der Waals surface area (Å²) in [7, 11) is 0. The summed E-state index contributed by atoms with van der Waals surface area (Å²) in [6, 6.07) is 0.465. The zero-order valence-electron chi connectivity index (χ0n) is 12.3. The molecule has 0 aromatic rings. The second-order valence-electron chi connectivity index (χ2n) is 5.66. The number of ether oxygens (including phenoxy) is 1. The van der Waals surface area contributed by atoms with Gasteiger partial charge in [0.1, 0.15) is 5.60 Å². The summed E-state index contributed by atoms with van der Waals surface area (Å²) in [5.74, 6) is 0.565. The third-order valence-electron chi connectivity index (χ3n) is 2.97. The van der Waals surface area contributed by atoms with Gasteiger partial charge in [0.05, 0.1) is 6.42 Å². The third kappa shape index (κ3) is 8.19. The van der Waals surface area contributed by atoms with Crippen molar-refractivity contribution in [2.45, 2.75) is 72.4 Å². The third-order valence-corrected chi connectivity index (χ3v) is 2.97. The highest BCUT2D eigenvalue weighted by molar-refractivity contribution is 5.70. The maximum atomic E-state index is 11.5. The molecule has 0 rings (SSSR count). The van der Waals surface area contributed by atoms with Crippen LogP contribution in [0.2, 0.25) is 0 Å². The topological polar surface area (TPSA) is 38.3 Å². The molecule has 0 amide bonds. The van der Waals surface area contributed by atoms with Gasteiger partial charge < -0.3 is 10.1 Å². The monoisotopic (exact) mass is 243 g/mol. The zero-order chi connectivity index (χ0) is 13.5. The lowest BCUT2D eigenvalue weighted by Crippen LogP contribution is -2.35. The Morgan fingerprint density at radius 1 is 1.24 bits per heavy atom. The van der Waals surface area contributed by atoms with E-state index in [0.717, 1.165) is 0 Å². The molecule has 0 heterocycles. The molecular weight excluding hydrogens is 214 g/mol. The van der Waals surface area contributed by atoms with E-state index in [-0.39, 0.29) is 11.6 Å². The molecule has 0 aromatic carbocycles. The number of carbonyl (C=O) groups excluding carboxylic acids is 1. The van der Waals surface area contributed by atoms with Crippen LogP contribution in [0, 0.1) is 5.92 Å². The Morgan fingerprint density at radius 2 is 1.76 bits per heavy atom. The first-order valence-electron chi connectivity index (χ1n) is 6.75. The van der Waals surface area contributed by atoms with E-state index >= 15 is 0 Å². The highest BCUT2D eigenvalue weighted by Crippen LogP contribution is 2.12. The summed E-state index contributed by atoms with van der Waals surface area (Å²) in [5, 5.41) is 3.40. The van der Waals surface area contributed by atoms with Gasteiger partial charge in [-0.25, -0.2) is 0 Å². The van der Waals surface area contributed by atoms with E-state index in [1.54, 1.807) is 0 Å². The molecule has 0 aliphatic heterocycles. The minimum Gasteiger partial charge on any atom is -0.460 e. The Morgan fingerprint density at radius 3 is 2.18 bits per heavy atom. The second-order valence-corrected chi connectivity index (χ2v) is 5.66. The highest BCUT2D eigenvalue weighted by atomic mass is 16.6. The van der Waals surface area contributed by atoms with Gasteiger partial charge in [0.2, 0.25) is 0 Å². The molecular formula is C14H29NO2. The standard InChI is InChI=1S/C14H29NO2/c1-7-12(8-2)11(3)15-10-9-13(16)17-14(4,5)6/h11-12,15H,7-10H2,1-6H3. The van der Waals surface area contributed by atoms with Crippen LogP contribution in [-0.4, -0.2) is 24.2 Å². The average Bonchev–Trinajstić information content (AvgIpc) is 2.16. The molecule has 1 atom stereocenters. The van der Waals surface area contributed by atoms with Crippen molar-refractivity contribution in [1.29, 1.82) is 0 Å². The molecule has 0 aliphatic carbocycles. The molecule has 0 saturated carbocycles. The largest absolute Gasteiger partial charge is 0.460 e. The lowest BCUT2D eigenvalue weighted by molar-refractivity contribution is -0.154. The van der Waals surface area contributed by atoms with E-state index in [0.29, 0.717) is 24.9 Å². The molecule has 0 saturated heterocycles. The van der Waals surface area contributed by atoms with Crippen LogP contribution in [0.1, 0.15) is 60.8 Å². The van der Waals surface area contributed by atoms with Gasteiger partial charge in [0.15, 0.2) is 0 Å². The van der Waals surface area contributed by atoms with Gasteiger partial charge in [0, 0.05) is 12.6 Å². The maximum Gasteiger partial charge on any atom is 0.307 e. The van der Waals surface area contributed by atoms with Crippen molar-refractivity contribution in [2.24, 2.45) is 5.92 Å². The van der Waals surface area contributed by atoms with Crippen LogP contribution < -0.4 is 5.32 Å². The highest BCUT2D eigenvalue weighted by Gasteiger charge is 2.17. The first kappa shape index (κ1) is 16.4. The number of carbonyl (C=O) groups is 1. The van der Waals surface area contributed by atoms with E-state index in [1.807, 2.05) is 20.8 Å². The van der Waals surface area contributed by atoms with E-state index in [1.165, 1.54) is 12.8 Å². The lowest BCUT2D eigenvalue weighted by atomic mass is 9.95. The van der Waals surface area contributed by atoms with E-state index in [4.69, 9.17) is 4.74 Å². The van der Waals surface area contributed by atoms with Crippen LogP contribution >= 0.6 is 0 Å². The van der Waals surface area contributed by atoms with Gasteiger partial charge in [0.25, 0.3) is 0 Å². The van der Waals surface area contributed by atoms with Crippen molar-refractivity contribution in [3.05, 3.63) is 0 Å². The second kappa shape index (κ2) is 7.70. The Balaban J connectivity index is 3.80. The number of esters is 1. The molecule has 3 nitrogen and oxygen atoms in total. The summed E-state index contributed by atoms with van der Waals surface area (Å²) in [4.78, 5) is 11.5. The molecule has 0 bridgehead atoms. The minimum atomic E-state index is -0.377. The number of rotatable bonds is 7. The average molecular weight is 243 g/mol. The Labute approximate surface area is 106 Å². The van der Waals surface area contributed by atoms with Gasteiger partial charge >= 0.3 is 5.97 Å². The molecule has 1 N–H and O–H groups in total. The summed E-state index contributed by atoms with van der Waals surface area (Å²) >= 11 is 0. The van der Waals surface area contributed by atoms with E-state index < -0.39 is 0 Å². The summed E-state index contributed by atoms with van der Waals surface area (Å²) < 4.78 is 5.25. The van der Waals surface area contributed by atoms with Gasteiger partial charge in [-0.3, -0.25) is 4.79 Å². The Bertz CT molecular complexity index is 217. The first-order valence-corrected chi connectivity index (χ1v) is 6.75. The van der Waals surface area contributed by atoms with Gasteiger partial charge in [-0.1, -0.05) is 26.7 Å². The van der Waals surface area contributed by atoms with Crippen LogP contribution in [0.3, 0.4) is 0 Å². The molecule has 0 fully saturated rings. The zero-order valence-corrected chi connectivity index (χ0v) is 12.3. The summed E-state index contributed by atoms with van der Waals surface area (Å²) in [6.07, 6.45) is 2.80. The molecule has 0 spiro atoms. The van der Waals surface area contributed by atoms with Crippen molar-refractivity contribution >= 4 is 5.97 Å². The van der Waals surface area contributed by atoms with Gasteiger partial charge in [-0.05, 0) is 33.6 Å². The smallest absolute Gasteiger partial charge is 0.307 e. The maximum absolute atomic E-state index is 11.5. The molecule has 0 aliphatic rings. The van der Waals surface area contributed by atoms with Crippen LogP contribution in [0.25, 0.3) is 0 Å². The molecule has 17 heavy (non-hydrogen) atoms. The molecule has 0 radical (unpaired) electrons. The van der Waals surface area contributed by atoms with E-state index in [9.17, 15) is 4.79 Å². The number of hydrogen-bond donors (Lipinski definition) is 1. The number of hydrogen-bond acceptors (Lipinski definition) is 3. The van der Waals surface area contributed by atoms with Crippen molar-refractivity contribution in [2.75, 3.05) is 6.54 Å². The lowest BCUT2D eigenvalue weighted by Gasteiger charge is -2.23. The van der Waals surface area contributed by atoms with Crippen LogP contribution in [0.5, 0.6) is 0 Å². The predicted octanol–water partition coefficient (Wildman–Crippen LogP) is 3.13. The Hall–Kier alpha value is -0.570. The SMILES string of the molecule is CCC(CC)C(C)NCCC(=O)OC(C)(C)C. The predicted molar refractivity (Wildman–Crippen MR) is 72.0 cm³/mol. The Kier molecular flexibility index (Phi) is 7.44. The number of nitrogens with one attached hydrogen (secondary N) is 1. The van der Waals surface area contributed by atoms with Crippen molar-refractivity contribution < 1.29 is 9.53 Å². The van der Waals surface area contributed by atoms with Crippen molar-refractivity contribution in [3.63, 3.8) is 0 Å². The first-order chi connectivity index (χ1) is 7.80. The van der Waals surface area contributed by atoms with Crippen LogP contribution in [0.15, 0.2) is 0 Å². The van der Waals surface area contributed by atoms with Crippen LogP contribution in [0.4, 0.5) is 0 Å². The van der Waals surface area contributed by atoms with Gasteiger partial charge in [-0.2, -0.15) is 0 Å². The summed E-state index contributed by atoms with van der Waals surface area (Å²) in [6.45, 7) is 13.0. The van der Waals surface area contributed by atoms with E-state index in [2.05, 4.69) is 26.1 Å². The van der Waals surface area contributed by atoms with Crippen molar-refractivity contribution in [3.8, 4) is 0 Å². The molecule has 102 valence electrons.